The SMILES string of the molecule is CCC(CN)N1CCN(CCF)CC1. The van der Waals surface area contributed by atoms with Crippen LogP contribution in [0.2, 0.25) is 0 Å². The first-order valence-electron chi connectivity index (χ1n) is 5.54. The summed E-state index contributed by atoms with van der Waals surface area (Å²) in [5.41, 5.74) is 5.69. The largest absolute Gasteiger partial charge is 0.329 e. The highest BCUT2D eigenvalue weighted by molar-refractivity contribution is 4.78. The molecule has 1 saturated heterocycles. The Balaban J connectivity index is 2.27. The monoisotopic (exact) mass is 203 g/mol. The van der Waals surface area contributed by atoms with Crippen LogP contribution in [0.5, 0.6) is 0 Å². The quantitative estimate of drug-likeness (QED) is 0.698. The van der Waals surface area contributed by atoms with Crippen LogP contribution in [-0.4, -0.2) is 61.8 Å². The minimum absolute atomic E-state index is 0.228. The van der Waals surface area contributed by atoms with Crippen molar-refractivity contribution in [1.29, 1.82) is 0 Å². The van der Waals surface area contributed by atoms with Gasteiger partial charge in [0.25, 0.3) is 0 Å². The standard InChI is InChI=1S/C10H22FN3/c1-2-10(9-12)14-7-5-13(4-3-11)6-8-14/h10H,2-9,12H2,1H3. The molecule has 1 heterocycles. The van der Waals surface area contributed by atoms with E-state index < -0.39 is 0 Å². The maximum absolute atomic E-state index is 12.1. The lowest BCUT2D eigenvalue weighted by Crippen LogP contribution is -2.52. The molecule has 3 nitrogen and oxygen atoms in total. The fourth-order valence-electron chi connectivity index (χ4n) is 2.05. The molecular formula is C10H22FN3. The molecule has 0 bridgehead atoms. The lowest BCUT2D eigenvalue weighted by Gasteiger charge is -2.38. The van der Waals surface area contributed by atoms with E-state index >= 15 is 0 Å². The summed E-state index contributed by atoms with van der Waals surface area (Å²) in [7, 11) is 0. The van der Waals surface area contributed by atoms with Gasteiger partial charge in [0.1, 0.15) is 6.67 Å². The Hall–Kier alpha value is -0.190. The average molecular weight is 203 g/mol. The van der Waals surface area contributed by atoms with Crippen molar-refractivity contribution in [3.8, 4) is 0 Å². The van der Waals surface area contributed by atoms with Gasteiger partial charge in [0.15, 0.2) is 0 Å². The zero-order valence-corrected chi connectivity index (χ0v) is 9.08. The molecule has 0 aromatic heterocycles. The Kier molecular flexibility index (Phi) is 5.37. The van der Waals surface area contributed by atoms with E-state index in [0.717, 1.165) is 39.1 Å². The van der Waals surface area contributed by atoms with Crippen molar-refractivity contribution in [1.82, 2.24) is 9.80 Å². The maximum Gasteiger partial charge on any atom is 0.102 e. The van der Waals surface area contributed by atoms with Crippen LogP contribution in [0, 0.1) is 0 Å². The highest BCUT2D eigenvalue weighted by Gasteiger charge is 2.21. The number of halogens is 1. The molecule has 14 heavy (non-hydrogen) atoms. The Morgan fingerprint density at radius 3 is 2.36 bits per heavy atom. The molecule has 0 radical (unpaired) electrons. The second kappa shape index (κ2) is 6.32. The fraction of sp³-hybridized carbons (Fsp3) is 1.00. The van der Waals surface area contributed by atoms with E-state index in [1.165, 1.54) is 0 Å². The van der Waals surface area contributed by atoms with Gasteiger partial charge in [-0.05, 0) is 6.42 Å². The van der Waals surface area contributed by atoms with E-state index in [1.54, 1.807) is 0 Å². The molecule has 0 aliphatic carbocycles. The van der Waals surface area contributed by atoms with Crippen LogP contribution in [-0.2, 0) is 0 Å². The first-order valence-corrected chi connectivity index (χ1v) is 5.54. The number of alkyl halides is 1. The van der Waals surface area contributed by atoms with Crippen LogP contribution in [0.25, 0.3) is 0 Å². The summed E-state index contributed by atoms with van der Waals surface area (Å²) >= 11 is 0. The first-order chi connectivity index (χ1) is 6.81. The minimum atomic E-state index is -0.228. The molecule has 1 fully saturated rings. The van der Waals surface area contributed by atoms with Gasteiger partial charge in [-0.3, -0.25) is 9.80 Å². The zero-order valence-electron chi connectivity index (χ0n) is 9.08. The maximum atomic E-state index is 12.1. The van der Waals surface area contributed by atoms with Crippen molar-refractivity contribution >= 4 is 0 Å². The van der Waals surface area contributed by atoms with E-state index in [1.807, 2.05) is 0 Å². The third kappa shape index (κ3) is 3.19. The number of nitrogens with zero attached hydrogens (tertiary/aromatic N) is 2. The van der Waals surface area contributed by atoms with E-state index in [2.05, 4.69) is 16.7 Å². The summed E-state index contributed by atoms with van der Waals surface area (Å²) in [5.74, 6) is 0. The lowest BCUT2D eigenvalue weighted by atomic mass is 10.1. The summed E-state index contributed by atoms with van der Waals surface area (Å²) in [6.45, 7) is 7.32. The van der Waals surface area contributed by atoms with Gasteiger partial charge in [-0.2, -0.15) is 0 Å². The molecule has 1 rings (SSSR count). The van der Waals surface area contributed by atoms with Crippen LogP contribution >= 0.6 is 0 Å². The molecule has 84 valence electrons. The second-order valence-corrected chi connectivity index (χ2v) is 3.86. The zero-order chi connectivity index (χ0) is 10.4. The summed E-state index contributed by atoms with van der Waals surface area (Å²) < 4.78 is 12.1. The summed E-state index contributed by atoms with van der Waals surface area (Å²) in [6, 6.07) is 0.516. The predicted molar refractivity (Wildman–Crippen MR) is 57.1 cm³/mol. The van der Waals surface area contributed by atoms with Gasteiger partial charge < -0.3 is 5.73 Å². The number of hydrogen-bond acceptors (Lipinski definition) is 3. The predicted octanol–water partition coefficient (Wildman–Crippen LogP) is 0.311. The van der Waals surface area contributed by atoms with Gasteiger partial charge in [0, 0.05) is 45.3 Å². The van der Waals surface area contributed by atoms with Crippen molar-refractivity contribution < 1.29 is 4.39 Å². The van der Waals surface area contributed by atoms with E-state index in [4.69, 9.17) is 5.73 Å². The van der Waals surface area contributed by atoms with Crippen LogP contribution in [0.15, 0.2) is 0 Å². The average Bonchev–Trinajstić information content (AvgIpc) is 2.23. The molecule has 0 saturated carbocycles. The van der Waals surface area contributed by atoms with Crippen molar-refractivity contribution in [2.75, 3.05) is 45.9 Å². The second-order valence-electron chi connectivity index (χ2n) is 3.86. The van der Waals surface area contributed by atoms with E-state index in [0.29, 0.717) is 12.6 Å². The molecule has 4 heteroatoms. The highest BCUT2D eigenvalue weighted by atomic mass is 19.1. The Labute approximate surface area is 86.0 Å². The van der Waals surface area contributed by atoms with Gasteiger partial charge in [0.05, 0.1) is 0 Å². The number of piperazine rings is 1. The fourth-order valence-corrected chi connectivity index (χ4v) is 2.05. The lowest BCUT2D eigenvalue weighted by molar-refractivity contribution is 0.0929. The van der Waals surface area contributed by atoms with Crippen LogP contribution in [0.1, 0.15) is 13.3 Å². The van der Waals surface area contributed by atoms with Crippen LogP contribution < -0.4 is 5.73 Å². The molecule has 1 aliphatic heterocycles. The van der Waals surface area contributed by atoms with Crippen LogP contribution in [0.4, 0.5) is 4.39 Å². The summed E-state index contributed by atoms with van der Waals surface area (Å²) in [6.07, 6.45) is 1.11. The summed E-state index contributed by atoms with van der Waals surface area (Å²) in [4.78, 5) is 4.61. The topological polar surface area (TPSA) is 32.5 Å². The van der Waals surface area contributed by atoms with Gasteiger partial charge in [-0.25, -0.2) is 4.39 Å². The van der Waals surface area contributed by atoms with Crippen molar-refractivity contribution in [3.05, 3.63) is 0 Å². The molecule has 0 aromatic rings. The minimum Gasteiger partial charge on any atom is -0.329 e. The van der Waals surface area contributed by atoms with E-state index in [-0.39, 0.29) is 6.67 Å². The van der Waals surface area contributed by atoms with Crippen molar-refractivity contribution in [2.24, 2.45) is 5.73 Å². The molecule has 0 spiro atoms. The molecule has 0 aromatic carbocycles. The van der Waals surface area contributed by atoms with E-state index in [9.17, 15) is 4.39 Å². The molecular weight excluding hydrogens is 181 g/mol. The van der Waals surface area contributed by atoms with Crippen molar-refractivity contribution in [2.45, 2.75) is 19.4 Å². The third-order valence-electron chi connectivity index (χ3n) is 3.07. The highest BCUT2D eigenvalue weighted by Crippen LogP contribution is 2.07. The molecule has 1 unspecified atom stereocenters. The number of hydrogen-bond donors (Lipinski definition) is 1. The van der Waals surface area contributed by atoms with Crippen LogP contribution in [0.3, 0.4) is 0 Å². The first kappa shape index (κ1) is 11.9. The summed E-state index contributed by atoms with van der Waals surface area (Å²) in [5, 5.41) is 0. The Bertz CT molecular complexity index is 142. The number of rotatable bonds is 5. The molecule has 2 N–H and O–H groups in total. The van der Waals surface area contributed by atoms with Gasteiger partial charge in [0.2, 0.25) is 0 Å². The van der Waals surface area contributed by atoms with Gasteiger partial charge in [-0.15, -0.1) is 0 Å². The smallest absolute Gasteiger partial charge is 0.102 e. The molecule has 0 amide bonds. The van der Waals surface area contributed by atoms with Crippen molar-refractivity contribution in [3.63, 3.8) is 0 Å². The Morgan fingerprint density at radius 2 is 1.93 bits per heavy atom. The normalized spacial score (nSPS) is 22.5. The van der Waals surface area contributed by atoms with Gasteiger partial charge in [-0.1, -0.05) is 6.92 Å². The van der Waals surface area contributed by atoms with Gasteiger partial charge >= 0.3 is 0 Å². The molecule has 1 aliphatic rings. The Morgan fingerprint density at radius 1 is 1.29 bits per heavy atom. The molecule has 1 atom stereocenters. The number of nitrogens with two attached hydrogens (primary N) is 1. The third-order valence-corrected chi connectivity index (χ3v) is 3.07.